The second-order valence-electron chi connectivity index (χ2n) is 4.18. The van der Waals surface area contributed by atoms with Gasteiger partial charge in [-0.3, -0.25) is 4.98 Å². The van der Waals surface area contributed by atoms with E-state index in [2.05, 4.69) is 15.3 Å². The summed E-state index contributed by atoms with van der Waals surface area (Å²) in [6.07, 6.45) is 3.20. The molecule has 6 nitrogen and oxygen atoms in total. The SMILES string of the molecule is CCOc1cncc(NCC2(CO)COC2)n1. The van der Waals surface area contributed by atoms with Crippen LogP contribution in [0.15, 0.2) is 12.4 Å². The van der Waals surface area contributed by atoms with Gasteiger partial charge in [0.15, 0.2) is 0 Å². The summed E-state index contributed by atoms with van der Waals surface area (Å²) in [5.41, 5.74) is -0.177. The molecule has 1 saturated heterocycles. The molecule has 2 heterocycles. The summed E-state index contributed by atoms with van der Waals surface area (Å²) in [5, 5.41) is 12.4. The molecule has 1 fully saturated rings. The molecule has 0 spiro atoms. The predicted molar refractivity (Wildman–Crippen MR) is 62.0 cm³/mol. The van der Waals surface area contributed by atoms with Crippen LogP contribution in [0.3, 0.4) is 0 Å². The van der Waals surface area contributed by atoms with Crippen molar-refractivity contribution in [2.45, 2.75) is 6.92 Å². The van der Waals surface area contributed by atoms with Gasteiger partial charge in [0.2, 0.25) is 5.88 Å². The molecule has 1 aromatic rings. The normalized spacial score (nSPS) is 17.3. The largest absolute Gasteiger partial charge is 0.477 e. The fourth-order valence-corrected chi connectivity index (χ4v) is 1.57. The van der Waals surface area contributed by atoms with Crippen LogP contribution in [-0.4, -0.2) is 48.0 Å². The van der Waals surface area contributed by atoms with Crippen LogP contribution < -0.4 is 10.1 Å². The van der Waals surface area contributed by atoms with E-state index >= 15 is 0 Å². The van der Waals surface area contributed by atoms with Crippen LogP contribution in [0.2, 0.25) is 0 Å². The van der Waals surface area contributed by atoms with Crippen LogP contribution in [0.5, 0.6) is 5.88 Å². The van der Waals surface area contributed by atoms with Gasteiger partial charge in [0.05, 0.1) is 44.2 Å². The maximum absolute atomic E-state index is 9.27. The molecule has 0 atom stereocenters. The van der Waals surface area contributed by atoms with Crippen molar-refractivity contribution in [2.75, 3.05) is 38.3 Å². The second-order valence-corrected chi connectivity index (χ2v) is 4.18. The molecule has 2 rings (SSSR count). The number of hydrogen-bond acceptors (Lipinski definition) is 6. The van der Waals surface area contributed by atoms with Crippen molar-refractivity contribution in [3.8, 4) is 5.88 Å². The third-order valence-electron chi connectivity index (χ3n) is 2.70. The van der Waals surface area contributed by atoms with Crippen molar-refractivity contribution >= 4 is 5.82 Å². The Morgan fingerprint density at radius 2 is 2.35 bits per heavy atom. The summed E-state index contributed by atoms with van der Waals surface area (Å²) in [6.45, 7) is 4.34. The van der Waals surface area contributed by atoms with Crippen molar-refractivity contribution in [3.63, 3.8) is 0 Å². The monoisotopic (exact) mass is 239 g/mol. The van der Waals surface area contributed by atoms with Gasteiger partial charge in [-0.2, -0.15) is 4.98 Å². The van der Waals surface area contributed by atoms with E-state index in [4.69, 9.17) is 9.47 Å². The van der Waals surface area contributed by atoms with Gasteiger partial charge in [0, 0.05) is 6.54 Å². The Hall–Kier alpha value is -1.40. The van der Waals surface area contributed by atoms with Crippen LogP contribution in [-0.2, 0) is 4.74 Å². The maximum atomic E-state index is 9.27. The zero-order chi connectivity index (χ0) is 12.1. The van der Waals surface area contributed by atoms with Crippen molar-refractivity contribution < 1.29 is 14.6 Å². The Balaban J connectivity index is 1.92. The van der Waals surface area contributed by atoms with E-state index in [1.807, 2.05) is 6.92 Å². The van der Waals surface area contributed by atoms with E-state index in [0.29, 0.717) is 38.1 Å². The predicted octanol–water partition coefficient (Wildman–Crippen LogP) is 0.296. The number of nitrogens with zero attached hydrogens (tertiary/aromatic N) is 2. The Bertz CT molecular complexity index is 363. The van der Waals surface area contributed by atoms with Crippen LogP contribution in [0, 0.1) is 5.41 Å². The fourth-order valence-electron chi connectivity index (χ4n) is 1.57. The molecular weight excluding hydrogens is 222 g/mol. The highest BCUT2D eigenvalue weighted by molar-refractivity contribution is 5.33. The minimum atomic E-state index is -0.177. The van der Waals surface area contributed by atoms with Crippen molar-refractivity contribution in [1.82, 2.24) is 9.97 Å². The summed E-state index contributed by atoms with van der Waals surface area (Å²) in [5.74, 6) is 1.15. The van der Waals surface area contributed by atoms with Gasteiger partial charge in [-0.15, -0.1) is 0 Å². The highest BCUT2D eigenvalue weighted by Gasteiger charge is 2.37. The lowest BCUT2D eigenvalue weighted by Gasteiger charge is -2.39. The molecule has 0 aliphatic carbocycles. The van der Waals surface area contributed by atoms with Gasteiger partial charge in [-0.1, -0.05) is 0 Å². The summed E-state index contributed by atoms with van der Waals surface area (Å²) in [6, 6.07) is 0. The molecular formula is C11H17N3O3. The van der Waals surface area contributed by atoms with Crippen LogP contribution >= 0.6 is 0 Å². The molecule has 1 aromatic heterocycles. The molecule has 0 unspecified atom stereocenters. The first-order chi connectivity index (χ1) is 8.28. The topological polar surface area (TPSA) is 76.5 Å². The average Bonchev–Trinajstić information content (AvgIpc) is 2.29. The Morgan fingerprint density at radius 3 is 2.94 bits per heavy atom. The molecule has 1 aliphatic rings. The molecule has 0 amide bonds. The highest BCUT2D eigenvalue weighted by atomic mass is 16.5. The maximum Gasteiger partial charge on any atom is 0.234 e. The molecule has 6 heteroatoms. The lowest BCUT2D eigenvalue weighted by Crippen LogP contribution is -2.50. The second kappa shape index (κ2) is 5.29. The van der Waals surface area contributed by atoms with E-state index in [1.54, 1.807) is 12.4 Å². The number of ether oxygens (including phenoxy) is 2. The fraction of sp³-hybridized carbons (Fsp3) is 0.636. The molecule has 94 valence electrons. The average molecular weight is 239 g/mol. The number of hydrogen-bond donors (Lipinski definition) is 2. The van der Waals surface area contributed by atoms with Crippen LogP contribution in [0.25, 0.3) is 0 Å². The quantitative estimate of drug-likeness (QED) is 0.743. The van der Waals surface area contributed by atoms with Crippen molar-refractivity contribution in [1.29, 1.82) is 0 Å². The number of anilines is 1. The lowest BCUT2D eigenvalue weighted by atomic mass is 9.87. The van der Waals surface area contributed by atoms with Gasteiger partial charge in [-0.25, -0.2) is 0 Å². The molecule has 0 saturated carbocycles. The molecule has 0 radical (unpaired) electrons. The number of rotatable bonds is 6. The van der Waals surface area contributed by atoms with Gasteiger partial charge >= 0.3 is 0 Å². The van der Waals surface area contributed by atoms with Crippen molar-refractivity contribution in [3.05, 3.63) is 12.4 Å². The zero-order valence-corrected chi connectivity index (χ0v) is 9.85. The first kappa shape index (κ1) is 12.1. The van der Waals surface area contributed by atoms with Gasteiger partial charge in [0.1, 0.15) is 5.82 Å². The summed E-state index contributed by atoms with van der Waals surface area (Å²) >= 11 is 0. The Kier molecular flexibility index (Phi) is 3.75. The van der Waals surface area contributed by atoms with E-state index in [1.165, 1.54) is 0 Å². The molecule has 0 bridgehead atoms. The lowest BCUT2D eigenvalue weighted by molar-refractivity contribution is -0.128. The van der Waals surface area contributed by atoms with Gasteiger partial charge in [-0.05, 0) is 6.92 Å². The highest BCUT2D eigenvalue weighted by Crippen LogP contribution is 2.26. The first-order valence-corrected chi connectivity index (χ1v) is 5.65. The number of aliphatic hydroxyl groups excluding tert-OH is 1. The summed E-state index contributed by atoms with van der Waals surface area (Å²) < 4.78 is 10.4. The zero-order valence-electron chi connectivity index (χ0n) is 9.85. The van der Waals surface area contributed by atoms with E-state index in [0.717, 1.165) is 0 Å². The first-order valence-electron chi connectivity index (χ1n) is 5.65. The minimum absolute atomic E-state index is 0.110. The van der Waals surface area contributed by atoms with E-state index in [-0.39, 0.29) is 12.0 Å². The molecule has 2 N–H and O–H groups in total. The number of nitrogens with one attached hydrogen (secondary N) is 1. The molecule has 1 aliphatic heterocycles. The Morgan fingerprint density at radius 1 is 1.53 bits per heavy atom. The number of aliphatic hydroxyl groups is 1. The standard InChI is InChI=1S/C11H17N3O3/c1-2-17-10-4-12-3-9(14-10)13-5-11(6-15)7-16-8-11/h3-4,15H,2,5-8H2,1H3,(H,13,14). The molecule has 0 aromatic carbocycles. The van der Waals surface area contributed by atoms with Crippen molar-refractivity contribution in [2.24, 2.45) is 5.41 Å². The van der Waals surface area contributed by atoms with Crippen LogP contribution in [0.4, 0.5) is 5.82 Å². The summed E-state index contributed by atoms with van der Waals surface area (Å²) in [4.78, 5) is 8.27. The smallest absolute Gasteiger partial charge is 0.234 e. The van der Waals surface area contributed by atoms with E-state index < -0.39 is 0 Å². The Labute approximate surface area is 100.0 Å². The van der Waals surface area contributed by atoms with E-state index in [9.17, 15) is 5.11 Å². The molecule has 17 heavy (non-hydrogen) atoms. The number of aromatic nitrogens is 2. The third kappa shape index (κ3) is 2.83. The van der Waals surface area contributed by atoms with Crippen LogP contribution in [0.1, 0.15) is 6.92 Å². The van der Waals surface area contributed by atoms with Gasteiger partial charge < -0.3 is 19.9 Å². The van der Waals surface area contributed by atoms with Gasteiger partial charge in [0.25, 0.3) is 0 Å². The third-order valence-corrected chi connectivity index (χ3v) is 2.70. The minimum Gasteiger partial charge on any atom is -0.477 e. The summed E-state index contributed by atoms with van der Waals surface area (Å²) in [7, 11) is 0.